The van der Waals surface area contributed by atoms with Crippen molar-refractivity contribution in [2.45, 2.75) is 31.7 Å². The normalized spacial score (nSPS) is 8.79. The molecular weight excluding hydrogens is 190 g/mol. The Kier molecular flexibility index (Phi) is 8.34. The van der Waals surface area contributed by atoms with E-state index in [2.05, 4.69) is 25.4 Å². The average molecular weight is 209 g/mol. The fourth-order valence-electron chi connectivity index (χ4n) is 0.895. The van der Waals surface area contributed by atoms with Gasteiger partial charge in [0.1, 0.15) is 0 Å². The molecule has 0 unspecified atom stereocenters. The van der Waals surface area contributed by atoms with Gasteiger partial charge in [-0.1, -0.05) is 25.0 Å². The van der Waals surface area contributed by atoms with Gasteiger partial charge in [-0.05, 0) is 31.7 Å². The largest absolute Gasteiger partial charge is 0.250 e. The maximum atomic E-state index is 4.06. The second-order valence-corrected chi connectivity index (χ2v) is 3.91. The lowest BCUT2D eigenvalue weighted by molar-refractivity contribution is 0.910. The first-order chi connectivity index (χ1) is 6.70. The van der Waals surface area contributed by atoms with Gasteiger partial charge in [-0.15, -0.1) is 18.3 Å². The summed E-state index contributed by atoms with van der Waals surface area (Å²) >= 11 is 1.66. The molecule has 0 spiro atoms. The molecule has 0 fully saturated rings. The molecule has 1 aromatic rings. The van der Waals surface area contributed by atoms with Crippen LogP contribution in [0.15, 0.2) is 41.6 Å². The molecule has 0 aliphatic carbocycles. The lowest BCUT2D eigenvalue weighted by atomic mass is 10.2. The Labute approximate surface area is 91.6 Å². The highest BCUT2D eigenvalue weighted by Gasteiger charge is 1.82. The number of rotatable bonds is 3. The van der Waals surface area contributed by atoms with E-state index in [0.29, 0.717) is 0 Å². The van der Waals surface area contributed by atoms with Gasteiger partial charge in [0, 0.05) is 6.20 Å². The van der Waals surface area contributed by atoms with Crippen LogP contribution in [0.4, 0.5) is 0 Å². The zero-order valence-electron chi connectivity index (χ0n) is 9.29. The van der Waals surface area contributed by atoms with E-state index in [1.807, 2.05) is 24.5 Å². The van der Waals surface area contributed by atoms with Gasteiger partial charge >= 0.3 is 0 Å². The minimum Gasteiger partial charge on any atom is -0.250 e. The molecule has 1 heterocycles. The maximum Gasteiger partial charge on any atom is 0.0957 e. The summed E-state index contributed by atoms with van der Waals surface area (Å²) in [6, 6.07) is 5.89. The molecular formula is C12H19NS. The van der Waals surface area contributed by atoms with Gasteiger partial charge in [-0.2, -0.15) is 0 Å². The molecule has 0 bridgehead atoms. The van der Waals surface area contributed by atoms with E-state index in [4.69, 9.17) is 0 Å². The zero-order chi connectivity index (χ0) is 10.8. The summed E-state index contributed by atoms with van der Waals surface area (Å²) in [6.07, 6.45) is 6.23. The second-order valence-electron chi connectivity index (χ2n) is 3.08. The van der Waals surface area contributed by atoms with Gasteiger partial charge in [0.05, 0.1) is 5.03 Å². The van der Waals surface area contributed by atoms with E-state index in [1.54, 1.807) is 18.0 Å². The quantitative estimate of drug-likeness (QED) is 0.547. The zero-order valence-corrected chi connectivity index (χ0v) is 10.1. The smallest absolute Gasteiger partial charge is 0.0957 e. The summed E-state index contributed by atoms with van der Waals surface area (Å²) in [5.41, 5.74) is 1.29. The molecule has 1 aromatic heterocycles. The van der Waals surface area contributed by atoms with E-state index in [-0.39, 0.29) is 0 Å². The van der Waals surface area contributed by atoms with Crippen molar-refractivity contribution in [2.75, 3.05) is 6.26 Å². The molecule has 1 nitrogen and oxygen atoms in total. The van der Waals surface area contributed by atoms with Crippen molar-refractivity contribution in [2.24, 2.45) is 0 Å². The van der Waals surface area contributed by atoms with E-state index in [1.165, 1.54) is 18.4 Å². The predicted octanol–water partition coefficient (Wildman–Crippen LogP) is 4.17. The Morgan fingerprint density at radius 1 is 1.50 bits per heavy atom. The van der Waals surface area contributed by atoms with Crippen LogP contribution in [0.2, 0.25) is 0 Å². The lowest BCUT2D eigenvalue weighted by Gasteiger charge is -1.88. The van der Waals surface area contributed by atoms with Crippen molar-refractivity contribution in [1.29, 1.82) is 0 Å². The fourth-order valence-corrected chi connectivity index (χ4v) is 1.28. The molecule has 0 saturated carbocycles. The summed E-state index contributed by atoms with van der Waals surface area (Å²) in [6.45, 7) is 7.97. The Hall–Kier alpha value is -0.760. The Morgan fingerprint density at radius 2 is 2.21 bits per heavy atom. The standard InChI is InChI=1S/C6H7NS.C6H12/c1-8-6-4-2-3-5-7-6;1-4-5-6(2)3/h2-5H,1H3;2,4-5H2,1,3H3. The SMILES string of the molecule is C=C(C)CCC.CSc1ccccn1. The van der Waals surface area contributed by atoms with Crippen LogP contribution < -0.4 is 0 Å². The van der Waals surface area contributed by atoms with Crippen molar-refractivity contribution < 1.29 is 0 Å². The van der Waals surface area contributed by atoms with Gasteiger partial charge in [-0.3, -0.25) is 0 Å². The first kappa shape index (κ1) is 13.2. The molecule has 0 saturated heterocycles. The molecule has 1 rings (SSSR count). The van der Waals surface area contributed by atoms with Gasteiger partial charge in [0.15, 0.2) is 0 Å². The van der Waals surface area contributed by atoms with Crippen LogP contribution >= 0.6 is 11.8 Å². The van der Waals surface area contributed by atoms with Crippen molar-refractivity contribution in [3.63, 3.8) is 0 Å². The van der Waals surface area contributed by atoms with Crippen LogP contribution in [0.5, 0.6) is 0 Å². The number of hydrogen-bond donors (Lipinski definition) is 0. The average Bonchev–Trinajstić information content (AvgIpc) is 2.20. The molecule has 0 aliphatic heterocycles. The molecule has 0 atom stereocenters. The van der Waals surface area contributed by atoms with Crippen LogP contribution in [0.25, 0.3) is 0 Å². The van der Waals surface area contributed by atoms with Crippen LogP contribution in [0, 0.1) is 0 Å². The maximum absolute atomic E-state index is 4.06. The fraction of sp³-hybridized carbons (Fsp3) is 0.417. The Bertz CT molecular complexity index is 244. The first-order valence-electron chi connectivity index (χ1n) is 4.80. The first-order valence-corrected chi connectivity index (χ1v) is 6.02. The summed E-state index contributed by atoms with van der Waals surface area (Å²) < 4.78 is 0. The van der Waals surface area contributed by atoms with Crippen molar-refractivity contribution in [1.82, 2.24) is 4.98 Å². The molecule has 0 amide bonds. The van der Waals surface area contributed by atoms with Crippen LogP contribution in [-0.4, -0.2) is 11.2 Å². The highest BCUT2D eigenvalue weighted by molar-refractivity contribution is 7.98. The van der Waals surface area contributed by atoms with Crippen LogP contribution in [0.1, 0.15) is 26.7 Å². The molecule has 14 heavy (non-hydrogen) atoms. The predicted molar refractivity (Wildman–Crippen MR) is 65.7 cm³/mol. The van der Waals surface area contributed by atoms with Gasteiger partial charge in [-0.25, -0.2) is 4.98 Å². The van der Waals surface area contributed by atoms with Crippen LogP contribution in [0.3, 0.4) is 0 Å². The third-order valence-corrected chi connectivity index (χ3v) is 2.18. The van der Waals surface area contributed by atoms with Crippen LogP contribution in [-0.2, 0) is 0 Å². The van der Waals surface area contributed by atoms with Gasteiger partial charge in [0.2, 0.25) is 0 Å². The minimum absolute atomic E-state index is 1.08. The number of pyridine rings is 1. The summed E-state index contributed by atoms with van der Waals surface area (Å²) in [4.78, 5) is 4.06. The lowest BCUT2D eigenvalue weighted by Crippen LogP contribution is -1.71. The Balaban J connectivity index is 0.000000255. The third-order valence-electron chi connectivity index (χ3n) is 1.52. The highest BCUT2D eigenvalue weighted by atomic mass is 32.2. The van der Waals surface area contributed by atoms with Crippen molar-refractivity contribution >= 4 is 11.8 Å². The molecule has 0 N–H and O–H groups in total. The van der Waals surface area contributed by atoms with E-state index in [9.17, 15) is 0 Å². The summed E-state index contributed by atoms with van der Waals surface area (Å²) in [7, 11) is 0. The number of aromatic nitrogens is 1. The summed E-state index contributed by atoms with van der Waals surface area (Å²) in [5.74, 6) is 0. The van der Waals surface area contributed by atoms with Crippen molar-refractivity contribution in [3.05, 3.63) is 36.5 Å². The summed E-state index contributed by atoms with van der Waals surface area (Å²) in [5, 5.41) is 1.08. The van der Waals surface area contributed by atoms with E-state index >= 15 is 0 Å². The molecule has 0 aromatic carbocycles. The number of nitrogens with zero attached hydrogens (tertiary/aromatic N) is 1. The topological polar surface area (TPSA) is 12.9 Å². The second kappa shape index (κ2) is 8.82. The molecule has 0 aliphatic rings. The number of thioether (sulfide) groups is 1. The van der Waals surface area contributed by atoms with E-state index < -0.39 is 0 Å². The molecule has 78 valence electrons. The minimum atomic E-state index is 1.08. The highest BCUT2D eigenvalue weighted by Crippen LogP contribution is 2.07. The Morgan fingerprint density at radius 3 is 2.43 bits per heavy atom. The third kappa shape index (κ3) is 7.87. The number of hydrogen-bond acceptors (Lipinski definition) is 2. The molecule has 2 heteroatoms. The molecule has 0 radical (unpaired) electrons. The van der Waals surface area contributed by atoms with E-state index in [0.717, 1.165) is 5.03 Å². The van der Waals surface area contributed by atoms with Gasteiger partial charge in [0.25, 0.3) is 0 Å². The number of allylic oxidation sites excluding steroid dienone is 1. The van der Waals surface area contributed by atoms with Crippen molar-refractivity contribution in [3.8, 4) is 0 Å². The van der Waals surface area contributed by atoms with Gasteiger partial charge < -0.3 is 0 Å². The monoisotopic (exact) mass is 209 g/mol.